The Bertz CT molecular complexity index is 500. The largest absolute Gasteiger partial charge is 0.454 e. The molecule has 3 heteroatoms. The maximum atomic E-state index is 11.6. The summed E-state index contributed by atoms with van der Waals surface area (Å²) in [5.41, 5.74) is 4.39. The molecule has 1 aromatic rings. The van der Waals surface area contributed by atoms with Crippen molar-refractivity contribution in [1.29, 1.82) is 0 Å². The van der Waals surface area contributed by atoms with Crippen LogP contribution in [0.2, 0.25) is 13.1 Å². The molecule has 1 atom stereocenters. The zero-order chi connectivity index (χ0) is 14.0. The van der Waals surface area contributed by atoms with Gasteiger partial charge in [0, 0.05) is 0 Å². The zero-order valence-electron chi connectivity index (χ0n) is 12.2. The maximum absolute atomic E-state index is 11.6. The van der Waals surface area contributed by atoms with Gasteiger partial charge in [0.25, 0.3) is 0 Å². The Labute approximate surface area is 116 Å². The van der Waals surface area contributed by atoms with Crippen LogP contribution in [0.1, 0.15) is 25.3 Å². The van der Waals surface area contributed by atoms with Crippen LogP contribution < -0.4 is 5.19 Å². The molecule has 0 radical (unpaired) electrons. The van der Waals surface area contributed by atoms with Crippen LogP contribution in [0.5, 0.6) is 0 Å². The molecule has 0 bridgehead atoms. The summed E-state index contributed by atoms with van der Waals surface area (Å²) in [6.45, 7) is 8.77. The number of carbonyl (C=O) groups excluding carboxylic acids is 1. The molecule has 1 aliphatic rings. The van der Waals surface area contributed by atoms with Gasteiger partial charge in [0.2, 0.25) is 0 Å². The van der Waals surface area contributed by atoms with Crippen LogP contribution in [0, 0.1) is 6.92 Å². The van der Waals surface area contributed by atoms with Crippen LogP contribution in [0.15, 0.2) is 35.5 Å². The summed E-state index contributed by atoms with van der Waals surface area (Å²) in [5.74, 6) is -0.119. The second-order valence-corrected chi connectivity index (χ2v) is 10.2. The number of hydrogen-bond donors (Lipinski definition) is 0. The monoisotopic (exact) mass is 274 g/mol. The number of esters is 1. The topological polar surface area (TPSA) is 26.3 Å². The summed E-state index contributed by atoms with van der Waals surface area (Å²) in [6.07, 6.45) is 2.02. The molecular weight excluding hydrogens is 252 g/mol. The van der Waals surface area contributed by atoms with Gasteiger partial charge < -0.3 is 4.74 Å². The number of benzene rings is 1. The van der Waals surface area contributed by atoms with Crippen LogP contribution in [0.3, 0.4) is 0 Å². The predicted molar refractivity (Wildman–Crippen MR) is 81.2 cm³/mol. The molecule has 0 aromatic heterocycles. The lowest BCUT2D eigenvalue weighted by Crippen LogP contribution is -2.44. The normalized spacial score (nSPS) is 21.2. The standard InChI is InChI=1S/C16H22O2Si/c1-5-6-15-14(16(17)18-15)11-19(3,4)13-9-7-12(2)8-10-13/h7-11,15H,5-6H2,1-4H3/b14-11-. The third-order valence-electron chi connectivity index (χ3n) is 3.69. The highest BCUT2D eigenvalue weighted by Gasteiger charge is 2.37. The minimum atomic E-state index is -1.71. The quantitative estimate of drug-likeness (QED) is 0.479. The highest BCUT2D eigenvalue weighted by Crippen LogP contribution is 2.27. The molecule has 1 saturated heterocycles. The SMILES string of the molecule is CCCC1OC(=O)/C1=C\[Si](C)(C)c1ccc(C)cc1. The van der Waals surface area contributed by atoms with Crippen molar-refractivity contribution in [1.82, 2.24) is 0 Å². The van der Waals surface area contributed by atoms with Crippen molar-refractivity contribution in [3.8, 4) is 0 Å². The Morgan fingerprint density at radius 2 is 1.89 bits per heavy atom. The van der Waals surface area contributed by atoms with Crippen molar-refractivity contribution in [2.24, 2.45) is 0 Å². The minimum absolute atomic E-state index is 0.0368. The Balaban J connectivity index is 2.24. The van der Waals surface area contributed by atoms with Crippen LogP contribution in [-0.2, 0) is 9.53 Å². The van der Waals surface area contributed by atoms with E-state index < -0.39 is 8.07 Å². The van der Waals surface area contributed by atoms with Crippen molar-refractivity contribution in [2.75, 3.05) is 0 Å². The second kappa shape index (κ2) is 5.33. The lowest BCUT2D eigenvalue weighted by Gasteiger charge is -2.31. The van der Waals surface area contributed by atoms with Gasteiger partial charge >= 0.3 is 5.97 Å². The van der Waals surface area contributed by atoms with Gasteiger partial charge in [0.05, 0.1) is 5.57 Å². The van der Waals surface area contributed by atoms with Crippen molar-refractivity contribution in [2.45, 2.75) is 45.9 Å². The number of ether oxygens (including phenoxy) is 1. The molecule has 1 heterocycles. The molecule has 102 valence electrons. The van der Waals surface area contributed by atoms with Gasteiger partial charge in [-0.15, -0.1) is 0 Å². The number of hydrogen-bond acceptors (Lipinski definition) is 2. The van der Waals surface area contributed by atoms with Gasteiger partial charge in [0.1, 0.15) is 14.2 Å². The lowest BCUT2D eigenvalue weighted by molar-refractivity contribution is -0.156. The summed E-state index contributed by atoms with van der Waals surface area (Å²) >= 11 is 0. The Morgan fingerprint density at radius 1 is 1.26 bits per heavy atom. The first-order chi connectivity index (χ1) is 8.94. The van der Waals surface area contributed by atoms with Gasteiger partial charge in [-0.05, 0) is 13.3 Å². The fourth-order valence-corrected chi connectivity index (χ4v) is 4.69. The van der Waals surface area contributed by atoms with Crippen LogP contribution in [-0.4, -0.2) is 20.1 Å². The molecule has 1 aromatic carbocycles. The van der Waals surface area contributed by atoms with E-state index in [1.807, 2.05) is 0 Å². The molecule has 19 heavy (non-hydrogen) atoms. The molecule has 1 unspecified atom stereocenters. The molecule has 0 spiro atoms. The van der Waals surface area contributed by atoms with Crippen molar-refractivity contribution in [3.63, 3.8) is 0 Å². The molecule has 2 rings (SSSR count). The van der Waals surface area contributed by atoms with E-state index in [9.17, 15) is 4.79 Å². The van der Waals surface area contributed by atoms with E-state index in [1.165, 1.54) is 10.8 Å². The highest BCUT2D eigenvalue weighted by atomic mass is 28.3. The average Bonchev–Trinajstić information content (AvgIpc) is 2.37. The maximum Gasteiger partial charge on any atom is 0.337 e. The number of carbonyl (C=O) groups is 1. The van der Waals surface area contributed by atoms with Crippen LogP contribution in [0.25, 0.3) is 0 Å². The highest BCUT2D eigenvalue weighted by molar-refractivity contribution is 6.94. The first-order valence-corrected chi connectivity index (χ1v) is 10.0. The van der Waals surface area contributed by atoms with Crippen molar-refractivity contribution >= 4 is 19.2 Å². The van der Waals surface area contributed by atoms with Gasteiger partial charge in [0.15, 0.2) is 0 Å². The van der Waals surface area contributed by atoms with Gasteiger partial charge in [-0.25, -0.2) is 4.79 Å². The molecule has 0 aliphatic carbocycles. The van der Waals surface area contributed by atoms with Gasteiger partial charge in [-0.1, -0.05) is 67.2 Å². The van der Waals surface area contributed by atoms with E-state index >= 15 is 0 Å². The molecular formula is C16H22O2Si. The Morgan fingerprint density at radius 3 is 2.42 bits per heavy atom. The summed E-state index contributed by atoms with van der Waals surface area (Å²) < 4.78 is 5.21. The molecule has 0 N–H and O–H groups in total. The summed E-state index contributed by atoms with van der Waals surface area (Å²) in [4.78, 5) is 11.6. The van der Waals surface area contributed by atoms with Crippen molar-refractivity contribution < 1.29 is 9.53 Å². The van der Waals surface area contributed by atoms with Crippen LogP contribution >= 0.6 is 0 Å². The van der Waals surface area contributed by atoms with Crippen molar-refractivity contribution in [3.05, 3.63) is 41.1 Å². The Hall–Kier alpha value is -1.35. The van der Waals surface area contributed by atoms with E-state index in [2.05, 4.69) is 56.9 Å². The van der Waals surface area contributed by atoms with E-state index in [4.69, 9.17) is 4.74 Å². The molecule has 1 aliphatic heterocycles. The minimum Gasteiger partial charge on any atom is -0.454 e. The second-order valence-electron chi connectivity index (χ2n) is 5.87. The first kappa shape index (κ1) is 14.1. The third-order valence-corrected chi connectivity index (χ3v) is 6.55. The average molecular weight is 274 g/mol. The fraction of sp³-hybridized carbons (Fsp3) is 0.438. The lowest BCUT2D eigenvalue weighted by atomic mass is 10.0. The number of aryl methyl sites for hydroxylation is 1. The number of rotatable bonds is 4. The van der Waals surface area contributed by atoms with Gasteiger partial charge in [-0.2, -0.15) is 0 Å². The van der Waals surface area contributed by atoms with E-state index in [-0.39, 0.29) is 12.1 Å². The zero-order valence-corrected chi connectivity index (χ0v) is 13.2. The Kier molecular flexibility index (Phi) is 3.95. The molecule has 1 fully saturated rings. The van der Waals surface area contributed by atoms with E-state index in [1.54, 1.807) is 0 Å². The third kappa shape index (κ3) is 2.98. The summed E-state index contributed by atoms with van der Waals surface area (Å²) in [6, 6.07) is 8.67. The summed E-state index contributed by atoms with van der Waals surface area (Å²) in [5, 5.41) is 1.36. The smallest absolute Gasteiger partial charge is 0.337 e. The molecule has 0 amide bonds. The molecule has 0 saturated carbocycles. The predicted octanol–water partition coefficient (Wildman–Crippen LogP) is 3.10. The summed E-state index contributed by atoms with van der Waals surface area (Å²) in [7, 11) is -1.71. The number of cyclic esters (lactones) is 1. The van der Waals surface area contributed by atoms with Crippen LogP contribution in [0.4, 0.5) is 0 Å². The first-order valence-electron chi connectivity index (χ1n) is 6.95. The molecule has 2 nitrogen and oxygen atoms in total. The van der Waals surface area contributed by atoms with E-state index in [0.29, 0.717) is 0 Å². The fourth-order valence-electron chi connectivity index (χ4n) is 2.42. The van der Waals surface area contributed by atoms with Gasteiger partial charge in [-0.3, -0.25) is 0 Å². The van der Waals surface area contributed by atoms with E-state index in [0.717, 1.165) is 18.4 Å².